The maximum Gasteiger partial charge on any atom is 0.330 e. The van der Waals surface area contributed by atoms with Gasteiger partial charge in [0.2, 0.25) is 5.91 Å². The lowest BCUT2D eigenvalue weighted by Gasteiger charge is -2.06. The Labute approximate surface area is 111 Å². The van der Waals surface area contributed by atoms with Crippen LogP contribution in [0.4, 0.5) is 5.69 Å². The van der Waals surface area contributed by atoms with E-state index in [1.807, 2.05) is 0 Å². The molecule has 0 unspecified atom stereocenters. The van der Waals surface area contributed by atoms with Crippen molar-refractivity contribution in [3.8, 4) is 0 Å². The number of carbonyl (C=O) groups excluding carboxylic acids is 2. The average molecular weight is 268 g/mol. The topological polar surface area (TPSA) is 55.4 Å². The molecule has 0 aliphatic rings. The van der Waals surface area contributed by atoms with Gasteiger partial charge < -0.3 is 10.1 Å². The number of hydrogen-bond acceptors (Lipinski definition) is 3. The molecule has 0 aliphatic carbocycles. The van der Waals surface area contributed by atoms with Crippen LogP contribution in [0.2, 0.25) is 5.02 Å². The van der Waals surface area contributed by atoms with E-state index in [1.54, 1.807) is 31.2 Å². The minimum Gasteiger partial charge on any atom is -0.463 e. The summed E-state index contributed by atoms with van der Waals surface area (Å²) in [5.41, 5.74) is 1.23. The van der Waals surface area contributed by atoms with E-state index in [2.05, 4.69) is 5.32 Å². The summed E-state index contributed by atoms with van der Waals surface area (Å²) < 4.78 is 4.77. The van der Waals surface area contributed by atoms with E-state index in [9.17, 15) is 9.59 Å². The Morgan fingerprint density at radius 3 is 2.78 bits per heavy atom. The lowest BCUT2D eigenvalue weighted by Crippen LogP contribution is -2.07. The fourth-order valence-electron chi connectivity index (χ4n) is 1.32. The largest absolute Gasteiger partial charge is 0.463 e. The van der Waals surface area contributed by atoms with Crippen LogP contribution < -0.4 is 5.32 Å². The number of esters is 1. The van der Waals surface area contributed by atoms with Crippen molar-refractivity contribution >= 4 is 35.2 Å². The van der Waals surface area contributed by atoms with Gasteiger partial charge in [-0.2, -0.15) is 0 Å². The van der Waals surface area contributed by atoms with Gasteiger partial charge in [0.05, 0.1) is 6.61 Å². The molecule has 0 fully saturated rings. The fraction of sp³-hybridized carbons (Fsp3) is 0.231. The summed E-state index contributed by atoms with van der Waals surface area (Å²) in [6.07, 6.45) is 2.84. The SMILES string of the molecule is CCOC(=O)C=Cc1cc(Cl)ccc1NC(C)=O. The molecule has 1 rings (SSSR count). The van der Waals surface area contributed by atoms with Crippen molar-refractivity contribution in [1.29, 1.82) is 0 Å². The van der Waals surface area contributed by atoms with Crippen molar-refractivity contribution in [3.05, 3.63) is 34.9 Å². The Morgan fingerprint density at radius 2 is 2.17 bits per heavy atom. The van der Waals surface area contributed by atoms with Crippen LogP contribution in [0.25, 0.3) is 6.08 Å². The van der Waals surface area contributed by atoms with Crippen LogP contribution in [0.1, 0.15) is 19.4 Å². The third-order valence-electron chi connectivity index (χ3n) is 2.01. The van der Waals surface area contributed by atoms with Crippen molar-refractivity contribution in [2.45, 2.75) is 13.8 Å². The minimum absolute atomic E-state index is 0.192. The summed E-state index contributed by atoms with van der Waals surface area (Å²) in [5.74, 6) is -0.630. The summed E-state index contributed by atoms with van der Waals surface area (Å²) in [7, 11) is 0. The predicted octanol–water partition coefficient (Wildman–Crippen LogP) is 2.87. The van der Waals surface area contributed by atoms with Crippen molar-refractivity contribution in [1.82, 2.24) is 0 Å². The highest BCUT2D eigenvalue weighted by atomic mass is 35.5. The standard InChI is InChI=1S/C13H14ClNO3/c1-3-18-13(17)7-4-10-8-11(14)5-6-12(10)15-9(2)16/h4-8H,3H2,1-2H3,(H,15,16). The van der Waals surface area contributed by atoms with Crippen molar-refractivity contribution in [3.63, 3.8) is 0 Å². The molecule has 1 amide bonds. The lowest BCUT2D eigenvalue weighted by atomic mass is 10.1. The van der Waals surface area contributed by atoms with Gasteiger partial charge in [-0.25, -0.2) is 4.79 Å². The van der Waals surface area contributed by atoms with E-state index < -0.39 is 5.97 Å². The van der Waals surface area contributed by atoms with Gasteiger partial charge in [0, 0.05) is 23.7 Å². The Kier molecular flexibility index (Phi) is 5.39. The zero-order valence-corrected chi connectivity index (χ0v) is 11.0. The first-order chi connectivity index (χ1) is 8.52. The molecule has 0 radical (unpaired) electrons. The van der Waals surface area contributed by atoms with E-state index in [-0.39, 0.29) is 5.91 Å². The second-order valence-electron chi connectivity index (χ2n) is 3.50. The van der Waals surface area contributed by atoms with Crippen molar-refractivity contribution in [2.24, 2.45) is 0 Å². The van der Waals surface area contributed by atoms with E-state index in [1.165, 1.54) is 13.0 Å². The number of rotatable bonds is 4. The van der Waals surface area contributed by atoms with Crippen LogP contribution in [-0.4, -0.2) is 18.5 Å². The number of anilines is 1. The zero-order valence-electron chi connectivity index (χ0n) is 10.2. The molecule has 0 bridgehead atoms. The first-order valence-electron chi connectivity index (χ1n) is 5.45. The molecular formula is C13H14ClNO3. The highest BCUT2D eigenvalue weighted by Crippen LogP contribution is 2.22. The van der Waals surface area contributed by atoms with Crippen LogP contribution in [-0.2, 0) is 14.3 Å². The molecule has 1 N–H and O–H groups in total. The van der Waals surface area contributed by atoms with Gasteiger partial charge in [-0.1, -0.05) is 11.6 Å². The third kappa shape index (κ3) is 4.59. The van der Waals surface area contributed by atoms with E-state index >= 15 is 0 Å². The predicted molar refractivity (Wildman–Crippen MR) is 71.4 cm³/mol. The third-order valence-corrected chi connectivity index (χ3v) is 2.24. The highest BCUT2D eigenvalue weighted by Gasteiger charge is 2.03. The van der Waals surface area contributed by atoms with E-state index in [4.69, 9.17) is 16.3 Å². The van der Waals surface area contributed by atoms with Crippen LogP contribution in [0, 0.1) is 0 Å². The van der Waals surface area contributed by atoms with Crippen molar-refractivity contribution in [2.75, 3.05) is 11.9 Å². The second-order valence-corrected chi connectivity index (χ2v) is 3.93. The summed E-state index contributed by atoms with van der Waals surface area (Å²) >= 11 is 5.87. The number of amides is 1. The maximum absolute atomic E-state index is 11.2. The molecule has 0 aromatic heterocycles. The summed E-state index contributed by atoms with van der Waals surface area (Å²) in [5, 5.41) is 3.18. The number of hydrogen-bond donors (Lipinski definition) is 1. The maximum atomic E-state index is 11.2. The number of ether oxygens (including phenoxy) is 1. The molecule has 18 heavy (non-hydrogen) atoms. The summed E-state index contributed by atoms with van der Waals surface area (Å²) in [6.45, 7) is 3.46. The van der Waals surface area contributed by atoms with Crippen LogP contribution in [0.3, 0.4) is 0 Å². The van der Waals surface area contributed by atoms with Gasteiger partial charge in [0.25, 0.3) is 0 Å². The van der Waals surface area contributed by atoms with Crippen molar-refractivity contribution < 1.29 is 14.3 Å². The van der Waals surface area contributed by atoms with Gasteiger partial charge in [-0.05, 0) is 36.8 Å². The number of nitrogens with one attached hydrogen (secondary N) is 1. The van der Waals surface area contributed by atoms with E-state index in [0.717, 1.165) is 0 Å². The molecule has 4 nitrogen and oxygen atoms in total. The molecule has 1 aromatic carbocycles. The lowest BCUT2D eigenvalue weighted by molar-refractivity contribution is -0.137. The smallest absolute Gasteiger partial charge is 0.330 e. The number of carbonyl (C=O) groups is 2. The monoisotopic (exact) mass is 267 g/mol. The van der Waals surface area contributed by atoms with Gasteiger partial charge in [0.1, 0.15) is 0 Å². The molecule has 5 heteroatoms. The Bertz CT molecular complexity index is 483. The van der Waals surface area contributed by atoms with Crippen LogP contribution in [0.5, 0.6) is 0 Å². The molecule has 96 valence electrons. The Balaban J connectivity index is 2.94. The van der Waals surface area contributed by atoms with Gasteiger partial charge in [-0.3, -0.25) is 4.79 Å². The molecule has 0 heterocycles. The Hall–Kier alpha value is -1.81. The molecule has 0 aliphatic heterocycles. The highest BCUT2D eigenvalue weighted by molar-refractivity contribution is 6.30. The summed E-state index contributed by atoms with van der Waals surface area (Å²) in [4.78, 5) is 22.2. The normalized spacial score (nSPS) is 10.4. The van der Waals surface area contributed by atoms with Gasteiger partial charge in [0.15, 0.2) is 0 Å². The zero-order chi connectivity index (χ0) is 13.5. The molecule has 0 saturated carbocycles. The molecule has 0 saturated heterocycles. The molecule has 1 aromatic rings. The molecule has 0 spiro atoms. The summed E-state index contributed by atoms with van der Waals surface area (Å²) in [6, 6.07) is 4.99. The first kappa shape index (κ1) is 14.3. The van der Waals surface area contributed by atoms with Crippen LogP contribution >= 0.6 is 11.6 Å². The number of benzene rings is 1. The van der Waals surface area contributed by atoms with Gasteiger partial charge >= 0.3 is 5.97 Å². The molecule has 0 atom stereocenters. The molecular weight excluding hydrogens is 254 g/mol. The fourth-order valence-corrected chi connectivity index (χ4v) is 1.50. The minimum atomic E-state index is -0.439. The first-order valence-corrected chi connectivity index (χ1v) is 5.82. The van der Waals surface area contributed by atoms with Crippen LogP contribution in [0.15, 0.2) is 24.3 Å². The van der Waals surface area contributed by atoms with E-state index in [0.29, 0.717) is 22.9 Å². The quantitative estimate of drug-likeness (QED) is 0.674. The Morgan fingerprint density at radius 1 is 1.44 bits per heavy atom. The number of halogens is 1. The van der Waals surface area contributed by atoms with Gasteiger partial charge in [-0.15, -0.1) is 0 Å². The average Bonchev–Trinajstić information content (AvgIpc) is 2.29. The second kappa shape index (κ2) is 6.81.